The summed E-state index contributed by atoms with van der Waals surface area (Å²) in [6.07, 6.45) is 12.5. The molecule has 4 fully saturated rings. The molecule has 0 saturated heterocycles. The van der Waals surface area contributed by atoms with Gasteiger partial charge in [-0.1, -0.05) is 91.8 Å². The Kier molecular flexibility index (Phi) is 12.1. The van der Waals surface area contributed by atoms with Gasteiger partial charge in [0.2, 0.25) is 0 Å². The standard InChI is InChI=1S/C53H77N3O5/c1-13-15-35-17-19-36(20-18-35)38-16-14-29-54-46(56(38)31-30-55(11)12)53-28-27-51(9)37(45(53)44(34(2)3)39(57)32-53)21-22-41-50(8)25-24-42(61-43(58)33-48(4,5)47(59)60)49(6,7)40(50)23-26-52(41,51)10/h14,17-20,34,37,40-42H,13,15,21-33H2,1-12H3,(H,59,60). The number of ketones is 1. The molecule has 0 radical (unpaired) electrons. The second-order valence-corrected chi connectivity index (χ2v) is 22.7. The van der Waals surface area contributed by atoms with Crippen molar-refractivity contribution >= 4 is 29.3 Å². The number of aliphatic imine (C=N–C) groups is 1. The highest BCUT2D eigenvalue weighted by molar-refractivity contribution is 6.10. The molecule has 61 heavy (non-hydrogen) atoms. The number of fused-ring (bicyclic) bond motifs is 7. The lowest BCUT2D eigenvalue weighted by Gasteiger charge is -2.72. The number of ether oxygens (including phenoxy) is 1. The Balaban J connectivity index is 1.24. The summed E-state index contributed by atoms with van der Waals surface area (Å²) in [6, 6.07) is 9.05. The summed E-state index contributed by atoms with van der Waals surface area (Å²) in [5, 5.41) is 9.71. The van der Waals surface area contributed by atoms with E-state index in [0.717, 1.165) is 100.0 Å². The summed E-state index contributed by atoms with van der Waals surface area (Å²) >= 11 is 0. The van der Waals surface area contributed by atoms with E-state index in [-0.39, 0.29) is 46.0 Å². The van der Waals surface area contributed by atoms with Gasteiger partial charge >= 0.3 is 11.9 Å². The van der Waals surface area contributed by atoms with Gasteiger partial charge in [-0.3, -0.25) is 19.4 Å². The number of hydrogen-bond donors (Lipinski definition) is 1. The van der Waals surface area contributed by atoms with E-state index >= 15 is 0 Å². The van der Waals surface area contributed by atoms with E-state index in [1.165, 1.54) is 11.1 Å². The van der Waals surface area contributed by atoms with Crippen LogP contribution in [0.1, 0.15) is 151 Å². The maximum Gasteiger partial charge on any atom is 0.309 e. The summed E-state index contributed by atoms with van der Waals surface area (Å²) in [5.74, 6) is 1.29. The van der Waals surface area contributed by atoms with Crippen LogP contribution in [0.25, 0.3) is 5.70 Å². The Morgan fingerprint density at radius 3 is 2.31 bits per heavy atom. The number of carbonyl (C=O) groups is 3. The molecule has 4 saturated carbocycles. The number of carbonyl (C=O) groups excluding carboxylic acids is 2. The van der Waals surface area contributed by atoms with Crippen molar-refractivity contribution in [3.8, 4) is 0 Å². The highest BCUT2D eigenvalue weighted by atomic mass is 16.5. The van der Waals surface area contributed by atoms with Gasteiger partial charge in [0.05, 0.1) is 29.5 Å². The largest absolute Gasteiger partial charge is 0.481 e. The minimum atomic E-state index is -1.17. The average Bonchev–Trinajstić information content (AvgIpc) is 3.32. The van der Waals surface area contributed by atoms with Crippen LogP contribution in [-0.2, 0) is 25.5 Å². The summed E-state index contributed by atoms with van der Waals surface area (Å²) in [5.41, 5.74) is 8.02. The van der Waals surface area contributed by atoms with Crippen LogP contribution in [0.2, 0.25) is 0 Å². The molecule has 1 heterocycles. The Bertz CT molecular complexity index is 2030. The number of carboxylic acids is 1. The highest BCUT2D eigenvalue weighted by Gasteiger charge is 2.71. The number of aryl methyl sites for hydroxylation is 1. The zero-order valence-corrected chi connectivity index (χ0v) is 39.8. The van der Waals surface area contributed by atoms with E-state index < -0.39 is 22.8 Å². The summed E-state index contributed by atoms with van der Waals surface area (Å²) in [7, 11) is 4.27. The molecule has 8 nitrogen and oxygen atoms in total. The molecular weight excluding hydrogens is 759 g/mol. The van der Waals surface area contributed by atoms with Gasteiger partial charge in [0.1, 0.15) is 11.9 Å². The predicted molar refractivity (Wildman–Crippen MR) is 245 cm³/mol. The molecule has 8 atom stereocenters. The van der Waals surface area contributed by atoms with E-state index in [2.05, 4.69) is 115 Å². The average molecular weight is 836 g/mol. The molecule has 0 amide bonds. The summed E-state index contributed by atoms with van der Waals surface area (Å²) in [6.45, 7) is 24.5. The van der Waals surface area contributed by atoms with Crippen LogP contribution in [0.3, 0.4) is 0 Å². The number of Topliss-reactive ketones (excluding diaryl/α,β-unsaturated/α-hetero) is 1. The smallest absolute Gasteiger partial charge is 0.309 e. The molecule has 1 aliphatic heterocycles. The van der Waals surface area contributed by atoms with Crippen molar-refractivity contribution in [3.05, 3.63) is 58.3 Å². The molecule has 0 aromatic heterocycles. The van der Waals surface area contributed by atoms with E-state index in [0.29, 0.717) is 30.6 Å². The first-order chi connectivity index (χ1) is 28.6. The fraction of sp³-hybridized carbons (Fsp3) is 0.717. The Morgan fingerprint density at radius 2 is 1.67 bits per heavy atom. The number of likely N-dealkylation sites (N-methyl/N-ethyl adjacent to an activating group) is 1. The molecule has 1 N–H and O–H groups in total. The van der Waals surface area contributed by atoms with Crippen LogP contribution in [0.5, 0.6) is 0 Å². The number of hydrogen-bond acceptors (Lipinski definition) is 7. The molecule has 0 bridgehead atoms. The SMILES string of the molecule is CCCc1ccc(C2=C=CCN=C(C34CCC5(C)C(CCC6C7(C)CCC(OC(=O)CC(C)(C)C(=O)O)C(C)(C)C7CCC65C)C3=C(C(C)C)C(=O)C4)N2CCN(C)C)cc1. The van der Waals surface area contributed by atoms with Crippen molar-refractivity contribution in [2.45, 2.75) is 152 Å². The van der Waals surface area contributed by atoms with Gasteiger partial charge in [0.15, 0.2) is 5.78 Å². The van der Waals surface area contributed by atoms with Crippen molar-refractivity contribution in [3.63, 3.8) is 0 Å². The maximum absolute atomic E-state index is 14.8. The minimum absolute atomic E-state index is 0.00482. The van der Waals surface area contributed by atoms with E-state index in [1.807, 2.05) is 0 Å². The molecule has 1 aromatic rings. The zero-order chi connectivity index (χ0) is 44.5. The molecule has 7 rings (SSSR count). The summed E-state index contributed by atoms with van der Waals surface area (Å²) in [4.78, 5) is 50.1. The molecule has 8 heteroatoms. The number of nitrogens with zero attached hydrogens (tertiary/aromatic N) is 3. The third-order valence-electron chi connectivity index (χ3n) is 17.9. The first kappa shape index (κ1) is 45.5. The maximum atomic E-state index is 14.8. The third-order valence-corrected chi connectivity index (χ3v) is 17.9. The number of benzene rings is 1. The van der Waals surface area contributed by atoms with E-state index in [9.17, 15) is 19.5 Å². The van der Waals surface area contributed by atoms with Gasteiger partial charge in [0.25, 0.3) is 0 Å². The second kappa shape index (κ2) is 16.3. The van der Waals surface area contributed by atoms with Crippen molar-refractivity contribution in [1.29, 1.82) is 0 Å². The minimum Gasteiger partial charge on any atom is -0.481 e. The number of amidine groups is 1. The summed E-state index contributed by atoms with van der Waals surface area (Å²) < 4.78 is 6.25. The second-order valence-electron chi connectivity index (χ2n) is 22.7. The molecule has 5 aliphatic carbocycles. The molecule has 334 valence electrons. The predicted octanol–water partition coefficient (Wildman–Crippen LogP) is 10.8. The van der Waals surface area contributed by atoms with Gasteiger partial charge in [-0.25, -0.2) is 0 Å². The lowest BCUT2D eigenvalue weighted by Crippen LogP contribution is -2.66. The van der Waals surface area contributed by atoms with Crippen molar-refractivity contribution < 1.29 is 24.2 Å². The zero-order valence-electron chi connectivity index (χ0n) is 39.8. The van der Waals surface area contributed by atoms with Gasteiger partial charge < -0.3 is 19.6 Å². The molecular formula is C53H77N3O5. The lowest BCUT2D eigenvalue weighted by molar-refractivity contribution is -0.232. The topological polar surface area (TPSA) is 99.5 Å². The highest BCUT2D eigenvalue weighted by Crippen LogP contribution is 2.77. The third kappa shape index (κ3) is 7.42. The van der Waals surface area contributed by atoms with Gasteiger partial charge in [-0.2, -0.15) is 0 Å². The quantitative estimate of drug-likeness (QED) is 0.165. The van der Waals surface area contributed by atoms with Crippen molar-refractivity contribution in [2.24, 2.45) is 61.2 Å². The van der Waals surface area contributed by atoms with Crippen LogP contribution in [0, 0.1) is 56.2 Å². The first-order valence-corrected chi connectivity index (χ1v) is 23.8. The van der Waals surface area contributed by atoms with Crippen molar-refractivity contribution in [1.82, 2.24) is 9.80 Å². The normalized spacial score (nSPS) is 34.6. The molecule has 0 spiro atoms. The van der Waals surface area contributed by atoms with E-state index in [4.69, 9.17) is 9.73 Å². The van der Waals surface area contributed by atoms with Crippen LogP contribution >= 0.6 is 0 Å². The fourth-order valence-corrected chi connectivity index (χ4v) is 14.5. The van der Waals surface area contributed by atoms with Crippen molar-refractivity contribution in [2.75, 3.05) is 33.7 Å². The van der Waals surface area contributed by atoms with Gasteiger partial charge in [-0.05, 0) is 148 Å². The Hall–Kier alpha value is -3.48. The van der Waals surface area contributed by atoms with Crippen LogP contribution in [0.15, 0.2) is 52.2 Å². The van der Waals surface area contributed by atoms with Crippen LogP contribution < -0.4 is 0 Å². The molecule has 1 aromatic carbocycles. The molecule has 6 aliphatic rings. The number of allylic oxidation sites excluding steroid dienone is 1. The number of esters is 1. The van der Waals surface area contributed by atoms with E-state index in [1.54, 1.807) is 13.8 Å². The Labute approximate surface area is 367 Å². The van der Waals surface area contributed by atoms with Gasteiger partial charge in [-0.15, -0.1) is 0 Å². The molecule has 8 unspecified atom stereocenters. The van der Waals surface area contributed by atoms with Gasteiger partial charge in [0, 0.05) is 30.5 Å². The first-order valence-electron chi connectivity index (χ1n) is 23.8. The monoisotopic (exact) mass is 836 g/mol. The fourth-order valence-electron chi connectivity index (χ4n) is 14.5. The van der Waals surface area contributed by atoms with Crippen LogP contribution in [0.4, 0.5) is 0 Å². The lowest BCUT2D eigenvalue weighted by atomic mass is 9.33. The number of carboxylic acid groups (broad SMARTS) is 1. The Morgan fingerprint density at radius 1 is 0.967 bits per heavy atom. The number of aliphatic carboxylic acids is 1. The van der Waals surface area contributed by atoms with Crippen LogP contribution in [-0.4, -0.2) is 78.3 Å². The number of rotatable bonds is 12.